The van der Waals surface area contributed by atoms with Crippen LogP contribution in [0.15, 0.2) is 4.99 Å². The molecule has 1 unspecified atom stereocenters. The van der Waals surface area contributed by atoms with Crippen molar-refractivity contribution in [3.63, 3.8) is 0 Å². The number of guanidine groups is 1. The van der Waals surface area contributed by atoms with E-state index in [-0.39, 0.29) is 0 Å². The zero-order valence-electron chi connectivity index (χ0n) is 12.9. The van der Waals surface area contributed by atoms with E-state index in [9.17, 15) is 0 Å². The lowest BCUT2D eigenvalue weighted by molar-refractivity contribution is 0.109. The van der Waals surface area contributed by atoms with Crippen molar-refractivity contribution in [3.05, 3.63) is 0 Å². The number of nitrogens with two attached hydrogens (primary N) is 1. The van der Waals surface area contributed by atoms with E-state index in [2.05, 4.69) is 40.9 Å². The molecule has 0 amide bonds. The van der Waals surface area contributed by atoms with Crippen molar-refractivity contribution in [3.8, 4) is 0 Å². The first-order valence-electron chi connectivity index (χ1n) is 7.67. The fraction of sp³-hybridized carbons (Fsp3) is 0.929. The molecule has 3 N–H and O–H groups in total. The Morgan fingerprint density at radius 2 is 1.95 bits per heavy atom. The molecule has 1 aliphatic heterocycles. The van der Waals surface area contributed by atoms with Crippen molar-refractivity contribution in [2.24, 2.45) is 10.7 Å². The van der Waals surface area contributed by atoms with Crippen LogP contribution < -0.4 is 11.1 Å². The Labute approximate surface area is 118 Å². The minimum atomic E-state index is 0.477. The Balaban J connectivity index is 2.23. The second kappa shape index (κ2) is 9.15. The van der Waals surface area contributed by atoms with Crippen LogP contribution in [0.25, 0.3) is 0 Å². The van der Waals surface area contributed by atoms with Crippen LogP contribution in [0, 0.1) is 0 Å². The minimum absolute atomic E-state index is 0.477. The molecule has 0 aromatic rings. The third-order valence-corrected chi connectivity index (χ3v) is 3.84. The van der Waals surface area contributed by atoms with Crippen LogP contribution >= 0.6 is 0 Å². The van der Waals surface area contributed by atoms with Gasteiger partial charge in [-0.25, -0.2) is 0 Å². The average Bonchev–Trinajstić information content (AvgIpc) is 2.45. The van der Waals surface area contributed by atoms with Crippen LogP contribution in [0.4, 0.5) is 0 Å². The van der Waals surface area contributed by atoms with Gasteiger partial charge in [0.05, 0.1) is 6.54 Å². The van der Waals surface area contributed by atoms with Gasteiger partial charge in [-0.2, -0.15) is 0 Å². The van der Waals surface area contributed by atoms with Crippen molar-refractivity contribution >= 4 is 5.96 Å². The summed E-state index contributed by atoms with van der Waals surface area (Å²) in [6.07, 6.45) is 2.32. The molecular formula is C14H31N5. The minimum Gasteiger partial charge on any atom is -0.370 e. The number of hydrogen-bond acceptors (Lipinski definition) is 3. The van der Waals surface area contributed by atoms with E-state index in [1.807, 2.05) is 0 Å². The van der Waals surface area contributed by atoms with Crippen molar-refractivity contribution in [2.45, 2.75) is 39.7 Å². The van der Waals surface area contributed by atoms with Gasteiger partial charge in [0.1, 0.15) is 0 Å². The summed E-state index contributed by atoms with van der Waals surface area (Å²) in [5.41, 5.74) is 5.85. The summed E-state index contributed by atoms with van der Waals surface area (Å²) in [4.78, 5) is 9.44. The molecule has 1 rings (SSSR count). The Kier molecular flexibility index (Phi) is 7.82. The van der Waals surface area contributed by atoms with Gasteiger partial charge < -0.3 is 16.0 Å². The highest BCUT2D eigenvalue weighted by atomic mass is 15.3. The Morgan fingerprint density at radius 1 is 1.26 bits per heavy atom. The lowest BCUT2D eigenvalue weighted by atomic mass is 10.2. The summed E-state index contributed by atoms with van der Waals surface area (Å²) in [6, 6.07) is 0.477. The summed E-state index contributed by atoms with van der Waals surface area (Å²) in [5, 5.41) is 3.16. The van der Waals surface area contributed by atoms with Gasteiger partial charge in [-0.3, -0.25) is 9.89 Å². The zero-order chi connectivity index (χ0) is 14.1. The lowest BCUT2D eigenvalue weighted by Crippen LogP contribution is -2.50. The molecule has 1 atom stereocenters. The van der Waals surface area contributed by atoms with E-state index < -0.39 is 0 Å². The molecule has 0 aromatic carbocycles. The van der Waals surface area contributed by atoms with E-state index in [0.29, 0.717) is 12.0 Å². The zero-order valence-corrected chi connectivity index (χ0v) is 12.9. The number of unbranched alkanes of at least 4 members (excludes halogenated alkanes) is 1. The molecule has 0 saturated carbocycles. The molecule has 0 aromatic heterocycles. The molecule has 0 bridgehead atoms. The molecule has 112 valence electrons. The highest BCUT2D eigenvalue weighted by molar-refractivity contribution is 5.77. The number of piperazine rings is 1. The third-order valence-electron chi connectivity index (χ3n) is 3.84. The smallest absolute Gasteiger partial charge is 0.188 e. The molecule has 1 heterocycles. The van der Waals surface area contributed by atoms with Crippen molar-refractivity contribution < 1.29 is 0 Å². The normalized spacial score (nSPS) is 20.5. The van der Waals surface area contributed by atoms with Crippen LogP contribution in [0.2, 0.25) is 0 Å². The first-order chi connectivity index (χ1) is 9.17. The molecule has 1 aliphatic rings. The number of likely N-dealkylation sites (N-methyl/N-ethyl adjacent to an activating group) is 1. The number of aliphatic imine (C=N–C) groups is 1. The Hall–Kier alpha value is -0.810. The maximum atomic E-state index is 5.85. The number of nitrogens with one attached hydrogen (secondary N) is 1. The average molecular weight is 269 g/mol. The maximum absolute atomic E-state index is 5.85. The second-order valence-electron chi connectivity index (χ2n) is 5.33. The molecule has 0 aliphatic carbocycles. The SMILES string of the molecule is CCCCNC(N)=NCC(C)N1CCN(CC)CC1. The molecular weight excluding hydrogens is 238 g/mol. The highest BCUT2D eigenvalue weighted by Gasteiger charge is 2.19. The van der Waals surface area contributed by atoms with E-state index >= 15 is 0 Å². The summed E-state index contributed by atoms with van der Waals surface area (Å²) in [5.74, 6) is 0.590. The van der Waals surface area contributed by atoms with Gasteiger partial charge in [0, 0.05) is 38.8 Å². The first-order valence-corrected chi connectivity index (χ1v) is 7.67. The van der Waals surface area contributed by atoms with Gasteiger partial charge >= 0.3 is 0 Å². The number of nitrogens with zero attached hydrogens (tertiary/aromatic N) is 3. The topological polar surface area (TPSA) is 56.9 Å². The monoisotopic (exact) mass is 269 g/mol. The maximum Gasteiger partial charge on any atom is 0.188 e. The van der Waals surface area contributed by atoms with Crippen LogP contribution in [0.3, 0.4) is 0 Å². The van der Waals surface area contributed by atoms with E-state index in [0.717, 1.165) is 39.1 Å². The summed E-state index contributed by atoms with van der Waals surface area (Å²) in [7, 11) is 0. The largest absolute Gasteiger partial charge is 0.370 e. The Bertz CT molecular complexity index is 259. The Morgan fingerprint density at radius 3 is 2.53 bits per heavy atom. The van der Waals surface area contributed by atoms with Gasteiger partial charge in [0.15, 0.2) is 5.96 Å². The van der Waals surface area contributed by atoms with E-state index in [4.69, 9.17) is 5.73 Å². The molecule has 5 nitrogen and oxygen atoms in total. The fourth-order valence-electron chi connectivity index (χ4n) is 2.32. The van der Waals surface area contributed by atoms with E-state index in [1.165, 1.54) is 19.5 Å². The molecule has 19 heavy (non-hydrogen) atoms. The van der Waals surface area contributed by atoms with Crippen LogP contribution in [0.5, 0.6) is 0 Å². The van der Waals surface area contributed by atoms with Crippen LogP contribution in [-0.4, -0.2) is 67.6 Å². The van der Waals surface area contributed by atoms with Gasteiger partial charge in [0.2, 0.25) is 0 Å². The molecule has 0 spiro atoms. The highest BCUT2D eigenvalue weighted by Crippen LogP contribution is 2.06. The van der Waals surface area contributed by atoms with Gasteiger partial charge in [-0.15, -0.1) is 0 Å². The van der Waals surface area contributed by atoms with E-state index in [1.54, 1.807) is 0 Å². The summed E-state index contributed by atoms with van der Waals surface area (Å²) in [6.45, 7) is 14.2. The number of hydrogen-bond donors (Lipinski definition) is 2. The first kappa shape index (κ1) is 16.2. The molecule has 1 fully saturated rings. The van der Waals surface area contributed by atoms with Crippen LogP contribution in [-0.2, 0) is 0 Å². The standard InChI is InChI=1S/C14H31N5/c1-4-6-7-16-14(15)17-12-13(3)19-10-8-18(5-2)9-11-19/h13H,4-12H2,1-3H3,(H3,15,16,17). The molecule has 5 heteroatoms. The summed E-state index contributed by atoms with van der Waals surface area (Å²) >= 11 is 0. The predicted molar refractivity (Wildman–Crippen MR) is 82.5 cm³/mol. The lowest BCUT2D eigenvalue weighted by Gasteiger charge is -2.37. The van der Waals surface area contributed by atoms with Gasteiger partial charge in [-0.1, -0.05) is 20.3 Å². The quantitative estimate of drug-likeness (QED) is 0.406. The fourth-order valence-corrected chi connectivity index (χ4v) is 2.32. The van der Waals surface area contributed by atoms with Gasteiger partial charge in [0.25, 0.3) is 0 Å². The van der Waals surface area contributed by atoms with Crippen molar-refractivity contribution in [2.75, 3.05) is 45.8 Å². The second-order valence-corrected chi connectivity index (χ2v) is 5.33. The summed E-state index contributed by atoms with van der Waals surface area (Å²) < 4.78 is 0. The third kappa shape index (κ3) is 6.25. The predicted octanol–water partition coefficient (Wildman–Crippen LogP) is 0.717. The molecule has 1 saturated heterocycles. The van der Waals surface area contributed by atoms with Crippen molar-refractivity contribution in [1.82, 2.24) is 15.1 Å². The van der Waals surface area contributed by atoms with Crippen LogP contribution in [0.1, 0.15) is 33.6 Å². The number of rotatable bonds is 7. The van der Waals surface area contributed by atoms with Gasteiger partial charge in [-0.05, 0) is 19.9 Å². The molecule has 0 radical (unpaired) electrons. The van der Waals surface area contributed by atoms with Crippen molar-refractivity contribution in [1.29, 1.82) is 0 Å².